The molecule has 3 aliphatic rings. The molecule has 1 saturated carbocycles. The number of H-pyrrole nitrogens is 1. The summed E-state index contributed by atoms with van der Waals surface area (Å²) in [5.41, 5.74) is 2.26. The summed E-state index contributed by atoms with van der Waals surface area (Å²) in [6.45, 7) is 7.64. The fourth-order valence-electron chi connectivity index (χ4n) is 6.05. The van der Waals surface area contributed by atoms with Crippen LogP contribution in [0, 0.1) is 31.1 Å². The maximum absolute atomic E-state index is 13.3. The van der Waals surface area contributed by atoms with Crippen molar-refractivity contribution in [3.63, 3.8) is 0 Å². The number of nitrogens with zero attached hydrogens (tertiary/aromatic N) is 2. The number of aryl methyl sites for hydroxylation is 1. The number of benzene rings is 1. The number of pyridine rings is 1. The summed E-state index contributed by atoms with van der Waals surface area (Å²) in [6, 6.07) is 6.18. The molecule has 1 aliphatic carbocycles. The Morgan fingerprint density at radius 1 is 1.23 bits per heavy atom. The summed E-state index contributed by atoms with van der Waals surface area (Å²) in [4.78, 5) is 31.9. The van der Waals surface area contributed by atoms with E-state index in [1.807, 2.05) is 33.1 Å². The monoisotopic (exact) mass is 552 g/mol. The third-order valence-electron chi connectivity index (χ3n) is 8.50. The van der Waals surface area contributed by atoms with E-state index in [-0.39, 0.29) is 29.5 Å². The van der Waals surface area contributed by atoms with Crippen LogP contribution >= 0.6 is 11.8 Å². The molecule has 39 heavy (non-hydrogen) atoms. The van der Waals surface area contributed by atoms with E-state index in [9.17, 15) is 14.9 Å². The molecule has 2 aromatic rings. The lowest BCUT2D eigenvalue weighted by atomic mass is 9.80. The van der Waals surface area contributed by atoms with Gasteiger partial charge in [-0.25, -0.2) is 0 Å². The number of carbonyl (C=O) groups excluding carboxylic acids is 1. The van der Waals surface area contributed by atoms with Crippen LogP contribution in [0.15, 0.2) is 21.8 Å². The summed E-state index contributed by atoms with van der Waals surface area (Å²) < 4.78 is 18.3. The van der Waals surface area contributed by atoms with Crippen molar-refractivity contribution in [2.75, 3.05) is 26.5 Å². The van der Waals surface area contributed by atoms with Crippen LogP contribution in [0.2, 0.25) is 0 Å². The Morgan fingerprint density at radius 3 is 2.56 bits per heavy atom. The standard InChI is InChI=1S/C29H36N4O5S/c1-16-10-24(39-5)23(28(35)32-16)13-31-27(34)22-11-18(12-30)26-25(17(22)2)37-29(3,38-26)19-6-8-20(9-7-19)33-14-21(15-33)36-4/h10-11,19-21H,6-9,13-15H2,1-5H3,(H,31,34)(H,32,35). The highest BCUT2D eigenvalue weighted by Gasteiger charge is 2.48. The normalized spacial score (nSPS) is 24.7. The fraction of sp³-hybridized carbons (Fsp3) is 0.552. The number of likely N-dealkylation sites (tertiary alicyclic amines) is 1. The number of hydrogen-bond acceptors (Lipinski definition) is 8. The molecule has 1 aromatic carbocycles. The highest BCUT2D eigenvalue weighted by Crippen LogP contribution is 2.50. The Morgan fingerprint density at radius 2 is 1.92 bits per heavy atom. The van der Waals surface area contributed by atoms with Gasteiger partial charge in [0.1, 0.15) is 6.07 Å². The molecule has 1 atom stereocenters. The molecule has 2 fully saturated rings. The van der Waals surface area contributed by atoms with Crippen LogP contribution in [0.25, 0.3) is 0 Å². The van der Waals surface area contributed by atoms with Crippen LogP contribution in [0.1, 0.15) is 65.3 Å². The van der Waals surface area contributed by atoms with Crippen molar-refractivity contribution in [3.05, 3.63) is 50.4 Å². The lowest BCUT2D eigenvalue weighted by Gasteiger charge is -2.47. The average Bonchev–Trinajstić information content (AvgIpc) is 3.27. The maximum atomic E-state index is 13.3. The summed E-state index contributed by atoms with van der Waals surface area (Å²) in [5.74, 6) is -0.248. The molecular formula is C29H36N4O5S. The van der Waals surface area contributed by atoms with Gasteiger partial charge in [0.2, 0.25) is 0 Å². The molecule has 1 saturated heterocycles. The lowest BCUT2D eigenvalue weighted by Crippen LogP contribution is -2.57. The SMILES string of the molecule is COC1CN(C2CCC(C3(C)Oc4c(C#N)cc(C(=O)NCc5c(SC)cc(C)[nH]c5=O)c(C)c4O3)CC2)C1. The molecule has 2 N–H and O–H groups in total. The number of fused-ring (bicyclic) bond motifs is 1. The molecule has 1 unspecified atom stereocenters. The van der Waals surface area contributed by atoms with Gasteiger partial charge in [-0.2, -0.15) is 5.26 Å². The summed E-state index contributed by atoms with van der Waals surface area (Å²) >= 11 is 1.46. The second kappa shape index (κ2) is 10.9. The molecule has 0 spiro atoms. The van der Waals surface area contributed by atoms with Crippen molar-refractivity contribution in [2.24, 2.45) is 5.92 Å². The van der Waals surface area contributed by atoms with E-state index in [2.05, 4.69) is 21.3 Å². The highest BCUT2D eigenvalue weighted by atomic mass is 32.2. The van der Waals surface area contributed by atoms with Crippen LogP contribution in [-0.2, 0) is 11.3 Å². The minimum Gasteiger partial charge on any atom is -0.448 e. The van der Waals surface area contributed by atoms with E-state index in [0.29, 0.717) is 40.3 Å². The molecule has 0 radical (unpaired) electrons. The molecule has 208 valence electrons. The van der Waals surface area contributed by atoms with Gasteiger partial charge in [-0.05, 0) is 57.9 Å². The molecule has 10 heteroatoms. The first-order valence-electron chi connectivity index (χ1n) is 13.4. The number of carbonyl (C=O) groups is 1. The number of rotatable bonds is 7. The van der Waals surface area contributed by atoms with E-state index in [1.54, 1.807) is 13.2 Å². The van der Waals surface area contributed by atoms with E-state index in [4.69, 9.17) is 14.2 Å². The zero-order chi connectivity index (χ0) is 27.9. The van der Waals surface area contributed by atoms with Crippen molar-refractivity contribution >= 4 is 17.7 Å². The van der Waals surface area contributed by atoms with Crippen LogP contribution in [0.5, 0.6) is 11.5 Å². The zero-order valence-electron chi connectivity index (χ0n) is 23.2. The minimum absolute atomic E-state index is 0.0729. The van der Waals surface area contributed by atoms with Gasteiger partial charge in [0.15, 0.2) is 11.5 Å². The smallest absolute Gasteiger partial charge is 0.254 e. The third-order valence-corrected chi connectivity index (χ3v) is 9.30. The van der Waals surface area contributed by atoms with Crippen LogP contribution in [0.3, 0.4) is 0 Å². The van der Waals surface area contributed by atoms with E-state index < -0.39 is 5.79 Å². The number of thioether (sulfide) groups is 1. The summed E-state index contributed by atoms with van der Waals surface area (Å²) in [7, 11) is 1.77. The fourth-order valence-corrected chi connectivity index (χ4v) is 6.76. The Balaban J connectivity index is 1.30. The Hall–Kier alpha value is -3.00. The summed E-state index contributed by atoms with van der Waals surface area (Å²) in [6.07, 6.45) is 6.29. The number of hydrogen-bond donors (Lipinski definition) is 2. The first-order valence-corrected chi connectivity index (χ1v) is 14.7. The van der Waals surface area contributed by atoms with Gasteiger partial charge >= 0.3 is 0 Å². The minimum atomic E-state index is -0.898. The van der Waals surface area contributed by atoms with E-state index in [0.717, 1.165) is 49.4 Å². The Bertz CT molecular complexity index is 1370. The Kier molecular flexibility index (Phi) is 7.68. The van der Waals surface area contributed by atoms with E-state index in [1.165, 1.54) is 11.8 Å². The van der Waals surface area contributed by atoms with Gasteiger partial charge in [-0.15, -0.1) is 11.8 Å². The van der Waals surface area contributed by atoms with Crippen molar-refractivity contribution < 1.29 is 19.0 Å². The number of aromatic nitrogens is 1. The topological polar surface area (TPSA) is 117 Å². The molecule has 5 rings (SSSR count). The van der Waals surface area contributed by atoms with Gasteiger partial charge in [-0.1, -0.05) is 0 Å². The van der Waals surface area contributed by atoms with Crippen molar-refractivity contribution in [3.8, 4) is 17.6 Å². The second-order valence-electron chi connectivity index (χ2n) is 10.9. The quantitative estimate of drug-likeness (QED) is 0.497. The Labute approximate surface area is 233 Å². The molecular weight excluding hydrogens is 516 g/mol. The van der Waals surface area contributed by atoms with Gasteiger partial charge in [0.25, 0.3) is 17.3 Å². The van der Waals surface area contributed by atoms with Crippen molar-refractivity contribution in [2.45, 2.75) is 75.8 Å². The largest absolute Gasteiger partial charge is 0.448 e. The molecule has 0 bridgehead atoms. The predicted molar refractivity (Wildman–Crippen MR) is 148 cm³/mol. The number of methoxy groups -OCH3 is 1. The van der Waals surface area contributed by atoms with Crippen molar-refractivity contribution in [1.82, 2.24) is 15.2 Å². The van der Waals surface area contributed by atoms with Crippen LogP contribution in [-0.4, -0.2) is 60.2 Å². The van der Waals surface area contributed by atoms with Crippen LogP contribution in [0.4, 0.5) is 0 Å². The first kappa shape index (κ1) is 27.6. The maximum Gasteiger partial charge on any atom is 0.254 e. The second-order valence-corrected chi connectivity index (χ2v) is 11.8. The predicted octanol–water partition coefficient (Wildman–Crippen LogP) is 3.89. The number of nitriles is 1. The molecule has 9 nitrogen and oxygen atoms in total. The number of aromatic amines is 1. The third kappa shape index (κ3) is 5.15. The number of ether oxygens (including phenoxy) is 3. The van der Waals surface area contributed by atoms with Gasteiger partial charge < -0.3 is 24.5 Å². The molecule has 1 amide bonds. The van der Waals surface area contributed by atoms with Gasteiger partial charge in [-0.3, -0.25) is 14.5 Å². The van der Waals surface area contributed by atoms with Crippen molar-refractivity contribution in [1.29, 1.82) is 5.26 Å². The summed E-state index contributed by atoms with van der Waals surface area (Å²) in [5, 5.41) is 12.8. The van der Waals surface area contributed by atoms with Gasteiger partial charge in [0, 0.05) is 72.9 Å². The average molecular weight is 553 g/mol. The first-order chi connectivity index (χ1) is 18.7. The highest BCUT2D eigenvalue weighted by molar-refractivity contribution is 7.98. The zero-order valence-corrected chi connectivity index (χ0v) is 24.0. The number of nitrogens with one attached hydrogen (secondary N) is 2. The van der Waals surface area contributed by atoms with E-state index >= 15 is 0 Å². The molecule has 2 aliphatic heterocycles. The van der Waals surface area contributed by atoms with Crippen LogP contribution < -0.4 is 20.3 Å². The van der Waals surface area contributed by atoms with Gasteiger partial charge in [0.05, 0.1) is 11.7 Å². The lowest BCUT2D eigenvalue weighted by molar-refractivity contribution is -0.130. The number of amides is 1. The molecule has 3 heterocycles. The molecule has 1 aromatic heterocycles.